The molecule has 1 N–H and O–H groups in total. The van der Waals surface area contributed by atoms with Crippen LogP contribution in [-0.2, 0) is 6.54 Å². The highest BCUT2D eigenvalue weighted by Gasteiger charge is 2.24. The lowest BCUT2D eigenvalue weighted by Gasteiger charge is -2.35. The Morgan fingerprint density at radius 1 is 1.13 bits per heavy atom. The maximum Gasteiger partial charge on any atom is 0.235 e. The molecule has 158 valence electrons. The van der Waals surface area contributed by atoms with Gasteiger partial charge in [-0.05, 0) is 42.5 Å². The van der Waals surface area contributed by atoms with Gasteiger partial charge in [0.25, 0.3) is 0 Å². The summed E-state index contributed by atoms with van der Waals surface area (Å²) in [6, 6.07) is 10.2. The lowest BCUT2D eigenvalue weighted by Crippen LogP contribution is -2.38. The molecule has 0 saturated carbocycles. The van der Waals surface area contributed by atoms with E-state index in [4.69, 9.17) is 13.9 Å². The highest BCUT2D eigenvalue weighted by molar-refractivity contribution is 5.83. The van der Waals surface area contributed by atoms with Gasteiger partial charge < -0.3 is 19.0 Å². The number of likely N-dealkylation sites (tertiary alicyclic amines) is 1. The van der Waals surface area contributed by atoms with E-state index < -0.39 is 0 Å². The van der Waals surface area contributed by atoms with Gasteiger partial charge in [-0.2, -0.15) is 0 Å². The average molecular weight is 409 g/mol. The smallest absolute Gasteiger partial charge is 0.235 e. The van der Waals surface area contributed by atoms with Gasteiger partial charge in [0.05, 0.1) is 18.1 Å². The number of aromatic hydroxyl groups is 1. The zero-order valence-corrected chi connectivity index (χ0v) is 17.6. The number of methoxy groups -OCH3 is 1. The van der Waals surface area contributed by atoms with E-state index in [1.54, 1.807) is 43.5 Å². The first-order chi connectivity index (χ1) is 14.4. The number of hydrogen-bond donors (Lipinski definition) is 1. The Labute approximate surface area is 175 Å². The van der Waals surface area contributed by atoms with Crippen molar-refractivity contribution in [2.75, 3.05) is 20.2 Å². The molecule has 0 bridgehead atoms. The largest absolute Gasteiger partial charge is 0.507 e. The molecule has 1 aliphatic rings. The van der Waals surface area contributed by atoms with Gasteiger partial charge in [-0.3, -0.25) is 9.69 Å². The van der Waals surface area contributed by atoms with Crippen molar-refractivity contribution in [2.24, 2.45) is 11.8 Å². The average Bonchev–Trinajstić information content (AvgIpc) is 2.71. The monoisotopic (exact) mass is 409 g/mol. The fourth-order valence-electron chi connectivity index (χ4n) is 4.39. The van der Waals surface area contributed by atoms with E-state index >= 15 is 0 Å². The number of fused-ring (bicyclic) bond motifs is 1. The number of phenols is 1. The van der Waals surface area contributed by atoms with Crippen LogP contribution < -0.4 is 14.9 Å². The molecule has 2 aromatic carbocycles. The summed E-state index contributed by atoms with van der Waals surface area (Å²) in [5.41, 5.74) is 0.767. The van der Waals surface area contributed by atoms with E-state index in [9.17, 15) is 9.90 Å². The molecule has 6 nitrogen and oxygen atoms in total. The molecular formula is C24H27NO5. The highest BCUT2D eigenvalue weighted by atomic mass is 16.5. The van der Waals surface area contributed by atoms with Crippen LogP contribution in [0.1, 0.15) is 25.8 Å². The Bertz CT molecular complexity index is 1100. The van der Waals surface area contributed by atoms with E-state index in [0.717, 1.165) is 13.1 Å². The Kier molecular flexibility index (Phi) is 5.68. The van der Waals surface area contributed by atoms with Gasteiger partial charge in [0.15, 0.2) is 0 Å². The molecule has 0 amide bonds. The summed E-state index contributed by atoms with van der Waals surface area (Å²) in [6.45, 7) is 6.95. The lowest BCUT2D eigenvalue weighted by atomic mass is 9.91. The molecule has 30 heavy (non-hydrogen) atoms. The number of piperidine rings is 1. The molecule has 4 rings (SSSR count). The summed E-state index contributed by atoms with van der Waals surface area (Å²) in [5.74, 6) is 2.54. The molecule has 1 aromatic heterocycles. The molecule has 2 unspecified atom stereocenters. The maximum absolute atomic E-state index is 13.0. The van der Waals surface area contributed by atoms with Crippen LogP contribution in [0, 0.1) is 11.8 Å². The predicted molar refractivity (Wildman–Crippen MR) is 115 cm³/mol. The highest BCUT2D eigenvalue weighted by Crippen LogP contribution is 2.32. The van der Waals surface area contributed by atoms with Crippen molar-refractivity contribution in [3.8, 4) is 23.0 Å². The summed E-state index contributed by atoms with van der Waals surface area (Å²) in [5, 5.41) is 10.9. The summed E-state index contributed by atoms with van der Waals surface area (Å²) >= 11 is 0. The quantitative estimate of drug-likeness (QED) is 0.654. The number of rotatable bonds is 5. The normalized spacial score (nSPS) is 19.7. The lowest BCUT2D eigenvalue weighted by molar-refractivity contribution is 0.133. The van der Waals surface area contributed by atoms with Crippen LogP contribution in [0.25, 0.3) is 11.0 Å². The molecule has 6 heteroatoms. The molecule has 0 radical (unpaired) electrons. The first-order valence-corrected chi connectivity index (χ1v) is 10.2. The Balaban J connectivity index is 1.67. The minimum absolute atomic E-state index is 0.0904. The van der Waals surface area contributed by atoms with E-state index in [1.807, 2.05) is 0 Å². The Morgan fingerprint density at radius 3 is 2.60 bits per heavy atom. The van der Waals surface area contributed by atoms with Gasteiger partial charge in [0, 0.05) is 25.7 Å². The van der Waals surface area contributed by atoms with Gasteiger partial charge in [-0.1, -0.05) is 19.9 Å². The summed E-state index contributed by atoms with van der Waals surface area (Å²) in [4.78, 5) is 15.3. The molecule has 1 fully saturated rings. The predicted octanol–water partition coefficient (Wildman–Crippen LogP) is 4.78. The zero-order valence-electron chi connectivity index (χ0n) is 17.6. The van der Waals surface area contributed by atoms with Crippen molar-refractivity contribution >= 4 is 11.0 Å². The summed E-state index contributed by atoms with van der Waals surface area (Å²) < 4.78 is 16.8. The number of nitrogens with zero attached hydrogens (tertiary/aromatic N) is 1. The molecule has 1 saturated heterocycles. The first-order valence-electron chi connectivity index (χ1n) is 10.2. The van der Waals surface area contributed by atoms with E-state index in [0.29, 0.717) is 46.4 Å². The SMILES string of the molecule is COc1cccc(Oc2coc3c(CN4CC(C)CC(C)C4)c(O)ccc3c2=O)c1. The van der Waals surface area contributed by atoms with Crippen molar-refractivity contribution in [3.05, 3.63) is 58.4 Å². The summed E-state index contributed by atoms with van der Waals surface area (Å²) in [6.07, 6.45) is 2.52. The van der Waals surface area contributed by atoms with Crippen LogP contribution in [0.4, 0.5) is 0 Å². The fourth-order valence-corrected chi connectivity index (χ4v) is 4.39. The van der Waals surface area contributed by atoms with Gasteiger partial charge in [0.2, 0.25) is 11.2 Å². The second kappa shape index (κ2) is 8.40. The third kappa shape index (κ3) is 4.14. The fraction of sp³-hybridized carbons (Fsp3) is 0.375. The third-order valence-electron chi connectivity index (χ3n) is 5.58. The minimum atomic E-state index is -0.277. The van der Waals surface area contributed by atoms with E-state index in [2.05, 4.69) is 18.7 Å². The van der Waals surface area contributed by atoms with Crippen LogP contribution in [0.15, 0.2) is 51.9 Å². The third-order valence-corrected chi connectivity index (χ3v) is 5.58. The molecular weight excluding hydrogens is 382 g/mol. The molecule has 0 spiro atoms. The topological polar surface area (TPSA) is 72.1 Å². The van der Waals surface area contributed by atoms with Gasteiger partial charge >= 0.3 is 0 Å². The first kappa shape index (κ1) is 20.3. The number of ether oxygens (including phenoxy) is 2. The summed E-state index contributed by atoms with van der Waals surface area (Å²) in [7, 11) is 1.57. The second-order valence-corrected chi connectivity index (χ2v) is 8.29. The molecule has 3 aromatic rings. The van der Waals surface area contributed by atoms with E-state index in [1.165, 1.54) is 12.7 Å². The van der Waals surface area contributed by atoms with Gasteiger partial charge in [-0.25, -0.2) is 0 Å². The number of benzene rings is 2. The van der Waals surface area contributed by atoms with Crippen LogP contribution in [0.3, 0.4) is 0 Å². The van der Waals surface area contributed by atoms with Crippen LogP contribution in [0.5, 0.6) is 23.0 Å². The van der Waals surface area contributed by atoms with Gasteiger partial charge in [-0.15, -0.1) is 0 Å². The maximum atomic E-state index is 13.0. The van der Waals surface area contributed by atoms with Crippen molar-refractivity contribution in [2.45, 2.75) is 26.8 Å². The van der Waals surface area contributed by atoms with Crippen molar-refractivity contribution in [1.29, 1.82) is 0 Å². The molecule has 2 heterocycles. The zero-order chi connectivity index (χ0) is 21.3. The van der Waals surface area contributed by atoms with Crippen LogP contribution in [-0.4, -0.2) is 30.2 Å². The minimum Gasteiger partial charge on any atom is -0.507 e. The van der Waals surface area contributed by atoms with Crippen molar-refractivity contribution in [1.82, 2.24) is 4.90 Å². The van der Waals surface area contributed by atoms with Gasteiger partial charge in [0.1, 0.15) is 29.1 Å². The van der Waals surface area contributed by atoms with Crippen LogP contribution in [0.2, 0.25) is 0 Å². The second-order valence-electron chi connectivity index (χ2n) is 8.29. The van der Waals surface area contributed by atoms with Crippen molar-refractivity contribution in [3.63, 3.8) is 0 Å². The molecule has 0 aliphatic carbocycles. The number of hydrogen-bond acceptors (Lipinski definition) is 6. The van der Waals surface area contributed by atoms with Crippen LogP contribution >= 0.6 is 0 Å². The Morgan fingerprint density at radius 2 is 1.87 bits per heavy atom. The Hall–Kier alpha value is -2.99. The standard InChI is InChI=1S/C24H27NO5/c1-15-9-16(2)12-25(11-15)13-20-21(26)8-7-19-23(27)22(14-29-24(19)20)30-18-6-4-5-17(10-18)28-3/h4-8,10,14-16,26H,9,11-13H2,1-3H3. The molecule has 2 atom stereocenters. The van der Waals surface area contributed by atoms with E-state index in [-0.39, 0.29) is 16.9 Å². The molecule has 1 aliphatic heterocycles. The van der Waals surface area contributed by atoms with Crippen molar-refractivity contribution < 1.29 is 19.0 Å². The number of phenolic OH excluding ortho intramolecular Hbond substituents is 1.